The van der Waals surface area contributed by atoms with Crippen molar-refractivity contribution in [1.29, 1.82) is 0 Å². The predicted molar refractivity (Wildman–Crippen MR) is 83.7 cm³/mol. The summed E-state index contributed by atoms with van der Waals surface area (Å²) in [6.07, 6.45) is -1.90. The summed E-state index contributed by atoms with van der Waals surface area (Å²) in [7, 11) is 0. The number of carboxylic acid groups (broad SMARTS) is 1. The average Bonchev–Trinajstić information content (AvgIpc) is 2.21. The summed E-state index contributed by atoms with van der Waals surface area (Å²) in [6.45, 7) is 13.1. The third-order valence-electron chi connectivity index (χ3n) is 2.36. The number of hydrogen-bond acceptors (Lipinski definition) is 5. The molecule has 0 bridgehead atoms. The van der Waals surface area contributed by atoms with E-state index in [0.29, 0.717) is 5.01 Å². The first kappa shape index (κ1) is 21.0. The fourth-order valence-electron chi connectivity index (χ4n) is 1.63. The lowest BCUT2D eigenvalue weighted by atomic mass is 10.1. The number of hydrazine groups is 1. The molecule has 134 valence electrons. The smallest absolute Gasteiger partial charge is 0.430 e. The molecule has 2 N–H and O–H groups in total. The zero-order valence-corrected chi connectivity index (χ0v) is 15.1. The van der Waals surface area contributed by atoms with Crippen molar-refractivity contribution in [3.63, 3.8) is 0 Å². The molecular formula is C15H28N2O6. The van der Waals surface area contributed by atoms with Gasteiger partial charge in [-0.3, -0.25) is 0 Å². The molecule has 0 aliphatic carbocycles. The lowest BCUT2D eigenvalue weighted by molar-refractivity contribution is -0.146. The van der Waals surface area contributed by atoms with Gasteiger partial charge in [0, 0.05) is 0 Å². The second kappa shape index (κ2) is 7.52. The van der Waals surface area contributed by atoms with E-state index >= 15 is 0 Å². The summed E-state index contributed by atoms with van der Waals surface area (Å²) < 4.78 is 10.2. The molecule has 0 aromatic rings. The average molecular weight is 334 g/mol. The van der Waals surface area contributed by atoms with Gasteiger partial charge < -0.3 is 14.6 Å². The quantitative estimate of drug-likeness (QED) is 0.607. The Labute approximate surface area is 137 Å². The van der Waals surface area contributed by atoms with Gasteiger partial charge in [0.05, 0.1) is 0 Å². The summed E-state index contributed by atoms with van der Waals surface area (Å²) in [4.78, 5) is 35.7. The summed E-state index contributed by atoms with van der Waals surface area (Å²) in [5.74, 6) is -1.73. The van der Waals surface area contributed by atoms with Crippen LogP contribution >= 0.6 is 0 Å². The van der Waals surface area contributed by atoms with Crippen molar-refractivity contribution in [3.8, 4) is 0 Å². The van der Waals surface area contributed by atoms with Crippen LogP contribution in [0.1, 0.15) is 55.4 Å². The van der Waals surface area contributed by atoms with Crippen LogP contribution in [-0.4, -0.2) is 45.5 Å². The number of rotatable bonds is 3. The van der Waals surface area contributed by atoms with Crippen molar-refractivity contribution in [2.24, 2.45) is 5.92 Å². The van der Waals surface area contributed by atoms with E-state index in [1.54, 1.807) is 55.4 Å². The molecule has 0 aromatic heterocycles. The summed E-state index contributed by atoms with van der Waals surface area (Å²) in [5, 5.41) is 10.0. The third-order valence-corrected chi connectivity index (χ3v) is 2.36. The molecule has 0 unspecified atom stereocenters. The fraction of sp³-hybridized carbons (Fsp3) is 0.800. The van der Waals surface area contributed by atoms with Crippen molar-refractivity contribution in [2.75, 3.05) is 0 Å². The van der Waals surface area contributed by atoms with E-state index in [0.717, 1.165) is 0 Å². The Hall–Kier alpha value is -1.99. The number of carbonyl (C=O) groups excluding carboxylic acids is 2. The Morgan fingerprint density at radius 2 is 1.39 bits per heavy atom. The Kier molecular flexibility index (Phi) is 6.87. The van der Waals surface area contributed by atoms with Gasteiger partial charge >= 0.3 is 18.2 Å². The Morgan fingerprint density at radius 3 is 1.70 bits per heavy atom. The molecular weight excluding hydrogens is 306 g/mol. The number of aliphatic carboxylic acids is 1. The molecule has 0 heterocycles. The SMILES string of the molecule is CC(C)[C@H](C(=O)O)[15N]([15NH]C(=O)OC(C)(C)C)C(=O)OC(C)(C)C. The highest BCUT2D eigenvalue weighted by Crippen LogP contribution is 2.16. The van der Waals surface area contributed by atoms with Gasteiger partial charge in [0.2, 0.25) is 0 Å². The topological polar surface area (TPSA) is 105 Å². The van der Waals surface area contributed by atoms with E-state index in [-0.39, 0.29) is 0 Å². The molecule has 1 atom stereocenters. The van der Waals surface area contributed by atoms with Crippen molar-refractivity contribution in [2.45, 2.75) is 72.6 Å². The van der Waals surface area contributed by atoms with Crippen LogP contribution in [0.3, 0.4) is 0 Å². The highest BCUT2D eigenvalue weighted by molar-refractivity contribution is 5.82. The molecule has 0 fully saturated rings. The van der Waals surface area contributed by atoms with Crippen LogP contribution in [0.2, 0.25) is 0 Å². The largest absolute Gasteiger partial charge is 0.480 e. The Morgan fingerprint density at radius 1 is 0.957 bits per heavy atom. The number of carbonyl (C=O) groups is 3. The summed E-state index contributed by atoms with van der Waals surface area (Å²) >= 11 is 0. The zero-order valence-electron chi connectivity index (χ0n) is 15.1. The first-order valence-corrected chi connectivity index (χ1v) is 7.38. The maximum atomic E-state index is 12.3. The van der Waals surface area contributed by atoms with E-state index in [1.807, 2.05) is 0 Å². The van der Waals surface area contributed by atoms with Crippen molar-refractivity contribution >= 4 is 18.2 Å². The second-order valence-electron chi connectivity index (χ2n) is 7.49. The highest BCUT2D eigenvalue weighted by atomic mass is 16.7. The number of carboxylic acids is 1. The van der Waals surface area contributed by atoms with Gasteiger partial charge in [0.1, 0.15) is 11.2 Å². The van der Waals surface area contributed by atoms with Gasteiger partial charge in [-0.25, -0.2) is 24.8 Å². The molecule has 0 saturated heterocycles. The van der Waals surface area contributed by atoms with Crippen molar-refractivity contribution < 1.29 is 29.0 Å². The Bertz CT molecular complexity index is 448. The van der Waals surface area contributed by atoms with Crippen LogP contribution in [0.5, 0.6) is 0 Å². The minimum Gasteiger partial charge on any atom is -0.480 e. The minimum atomic E-state index is -1.29. The van der Waals surface area contributed by atoms with E-state index in [2.05, 4.69) is 5.43 Å². The van der Waals surface area contributed by atoms with Gasteiger partial charge in [-0.1, -0.05) is 13.8 Å². The standard InChI is InChI=1S/C15H28N2O6/c1-9(2)10(11(18)19)17(13(21)23-15(6,7)8)16-12(20)22-14(3,4)5/h9-10H,1-8H3,(H,16,20)(H,18,19)/t10-/m1/s1/i16+1,17+1. The van der Waals surface area contributed by atoms with E-state index < -0.39 is 41.3 Å². The molecule has 0 radical (unpaired) electrons. The summed E-state index contributed by atoms with van der Waals surface area (Å²) in [5.41, 5.74) is 0.542. The second-order valence-corrected chi connectivity index (χ2v) is 7.49. The minimum absolute atomic E-state index is 0.463. The Balaban J connectivity index is 5.41. The molecule has 2 amide bonds. The van der Waals surface area contributed by atoms with Crippen LogP contribution in [0.15, 0.2) is 0 Å². The summed E-state index contributed by atoms with van der Waals surface area (Å²) in [6, 6.07) is -1.29. The molecule has 8 nitrogen and oxygen atoms in total. The van der Waals surface area contributed by atoms with Crippen molar-refractivity contribution in [3.05, 3.63) is 0 Å². The number of ether oxygens (including phenoxy) is 2. The van der Waals surface area contributed by atoms with Gasteiger partial charge in [-0.05, 0) is 47.5 Å². The van der Waals surface area contributed by atoms with Gasteiger partial charge in [-0.15, -0.1) is 0 Å². The number of nitrogens with one attached hydrogen (secondary N) is 1. The van der Waals surface area contributed by atoms with Crippen LogP contribution in [0, 0.1) is 5.92 Å². The van der Waals surface area contributed by atoms with Crippen LogP contribution in [0.4, 0.5) is 9.59 Å². The van der Waals surface area contributed by atoms with E-state index in [1.165, 1.54) is 0 Å². The van der Waals surface area contributed by atoms with Gasteiger partial charge in [0.15, 0.2) is 6.04 Å². The normalized spacial score (nSPS) is 13.3. The molecule has 0 spiro atoms. The molecule has 23 heavy (non-hydrogen) atoms. The molecule has 0 aromatic carbocycles. The van der Waals surface area contributed by atoms with Gasteiger partial charge in [-0.2, -0.15) is 0 Å². The maximum Gasteiger partial charge on any atom is 0.430 e. The number of nitrogens with zero attached hydrogens (tertiary/aromatic N) is 1. The number of amides is 2. The zero-order chi connectivity index (χ0) is 18.6. The molecule has 0 aliphatic heterocycles. The highest BCUT2D eigenvalue weighted by Gasteiger charge is 2.37. The first-order valence-electron chi connectivity index (χ1n) is 7.38. The number of hydrogen-bond donors (Lipinski definition) is 2. The van der Waals surface area contributed by atoms with Crippen LogP contribution in [-0.2, 0) is 14.3 Å². The van der Waals surface area contributed by atoms with Crippen LogP contribution < -0.4 is 5.43 Å². The van der Waals surface area contributed by atoms with Crippen LogP contribution in [0.25, 0.3) is 0 Å². The first-order chi connectivity index (χ1) is 10.1. The maximum absolute atomic E-state index is 12.3. The third kappa shape index (κ3) is 8.27. The molecule has 0 rings (SSSR count). The monoisotopic (exact) mass is 334 g/mol. The lowest BCUT2D eigenvalue weighted by Crippen LogP contribution is -2.58. The molecule has 0 aliphatic rings. The van der Waals surface area contributed by atoms with E-state index in [4.69, 9.17) is 9.47 Å². The fourth-order valence-corrected chi connectivity index (χ4v) is 1.63. The van der Waals surface area contributed by atoms with Gasteiger partial charge in [0.25, 0.3) is 0 Å². The lowest BCUT2D eigenvalue weighted by Gasteiger charge is -2.33. The molecule has 8 heteroatoms. The van der Waals surface area contributed by atoms with Crippen molar-refractivity contribution in [1.82, 2.24) is 10.4 Å². The predicted octanol–water partition coefficient (Wildman–Crippen LogP) is 2.77. The molecule has 0 saturated carbocycles. The van der Waals surface area contributed by atoms with E-state index in [9.17, 15) is 19.5 Å².